The molecule has 1 heterocycles. The SMILES string of the molecule is COc1ccc(N=C(C)c2ccc3c(c2)OCO3)cc1. The highest BCUT2D eigenvalue weighted by molar-refractivity contribution is 6.00. The third-order valence-corrected chi connectivity index (χ3v) is 3.16. The van der Waals surface area contributed by atoms with Gasteiger partial charge in [-0.3, -0.25) is 4.99 Å². The Morgan fingerprint density at radius 3 is 2.55 bits per heavy atom. The summed E-state index contributed by atoms with van der Waals surface area (Å²) in [6.45, 7) is 2.26. The number of rotatable bonds is 3. The van der Waals surface area contributed by atoms with E-state index in [2.05, 4.69) is 4.99 Å². The van der Waals surface area contributed by atoms with Crippen LogP contribution < -0.4 is 14.2 Å². The zero-order valence-electron chi connectivity index (χ0n) is 11.4. The third kappa shape index (κ3) is 2.45. The number of benzene rings is 2. The molecule has 0 N–H and O–H groups in total. The van der Waals surface area contributed by atoms with Crippen molar-refractivity contribution < 1.29 is 14.2 Å². The molecule has 4 heteroatoms. The number of methoxy groups -OCH3 is 1. The maximum atomic E-state index is 5.38. The third-order valence-electron chi connectivity index (χ3n) is 3.16. The average molecular weight is 269 g/mol. The summed E-state index contributed by atoms with van der Waals surface area (Å²) < 4.78 is 15.8. The first kappa shape index (κ1) is 12.5. The molecule has 0 atom stereocenters. The smallest absolute Gasteiger partial charge is 0.231 e. The van der Waals surface area contributed by atoms with Crippen molar-refractivity contribution in [1.82, 2.24) is 0 Å². The fourth-order valence-corrected chi connectivity index (χ4v) is 2.04. The Morgan fingerprint density at radius 2 is 1.80 bits per heavy atom. The van der Waals surface area contributed by atoms with Crippen LogP contribution in [0.3, 0.4) is 0 Å². The van der Waals surface area contributed by atoms with E-state index in [0.717, 1.165) is 34.2 Å². The van der Waals surface area contributed by atoms with Crippen LogP contribution in [0.4, 0.5) is 5.69 Å². The molecule has 4 nitrogen and oxygen atoms in total. The maximum Gasteiger partial charge on any atom is 0.231 e. The molecule has 0 aliphatic carbocycles. The van der Waals surface area contributed by atoms with Gasteiger partial charge in [0.05, 0.1) is 12.8 Å². The molecule has 102 valence electrons. The van der Waals surface area contributed by atoms with Gasteiger partial charge < -0.3 is 14.2 Å². The van der Waals surface area contributed by atoms with E-state index in [1.165, 1.54) is 0 Å². The molecular formula is C16H15NO3. The number of hydrogen-bond acceptors (Lipinski definition) is 4. The molecule has 0 spiro atoms. The van der Waals surface area contributed by atoms with Gasteiger partial charge in [0.2, 0.25) is 6.79 Å². The molecule has 2 aromatic carbocycles. The second-order valence-electron chi connectivity index (χ2n) is 4.46. The van der Waals surface area contributed by atoms with Crippen molar-refractivity contribution in [2.75, 3.05) is 13.9 Å². The van der Waals surface area contributed by atoms with Gasteiger partial charge in [-0.05, 0) is 55.0 Å². The minimum atomic E-state index is 0.285. The van der Waals surface area contributed by atoms with E-state index in [1.54, 1.807) is 7.11 Å². The number of aliphatic imine (C=N–C) groups is 1. The molecule has 0 aromatic heterocycles. The monoisotopic (exact) mass is 269 g/mol. The first-order valence-electron chi connectivity index (χ1n) is 6.35. The highest BCUT2D eigenvalue weighted by Crippen LogP contribution is 2.33. The van der Waals surface area contributed by atoms with Crippen LogP contribution in [-0.2, 0) is 0 Å². The minimum Gasteiger partial charge on any atom is -0.497 e. The second-order valence-corrected chi connectivity index (χ2v) is 4.46. The fraction of sp³-hybridized carbons (Fsp3) is 0.188. The van der Waals surface area contributed by atoms with Gasteiger partial charge in [-0.1, -0.05) is 0 Å². The Kier molecular flexibility index (Phi) is 3.29. The lowest BCUT2D eigenvalue weighted by Crippen LogP contribution is -1.94. The first-order valence-corrected chi connectivity index (χ1v) is 6.35. The Balaban J connectivity index is 1.87. The van der Waals surface area contributed by atoms with Crippen LogP contribution in [0.5, 0.6) is 17.2 Å². The molecule has 0 amide bonds. The van der Waals surface area contributed by atoms with Gasteiger partial charge in [0.15, 0.2) is 11.5 Å². The molecule has 0 saturated carbocycles. The largest absolute Gasteiger partial charge is 0.497 e. The van der Waals surface area contributed by atoms with Gasteiger partial charge >= 0.3 is 0 Å². The van der Waals surface area contributed by atoms with Crippen molar-refractivity contribution in [3.8, 4) is 17.2 Å². The van der Waals surface area contributed by atoms with Crippen molar-refractivity contribution in [2.24, 2.45) is 4.99 Å². The lowest BCUT2D eigenvalue weighted by atomic mass is 10.1. The molecule has 0 saturated heterocycles. The second kappa shape index (κ2) is 5.25. The van der Waals surface area contributed by atoms with Gasteiger partial charge in [0, 0.05) is 5.71 Å². The number of fused-ring (bicyclic) bond motifs is 1. The summed E-state index contributed by atoms with van der Waals surface area (Å²) >= 11 is 0. The number of nitrogens with zero attached hydrogens (tertiary/aromatic N) is 1. The Morgan fingerprint density at radius 1 is 1.05 bits per heavy atom. The van der Waals surface area contributed by atoms with Crippen molar-refractivity contribution in [1.29, 1.82) is 0 Å². The van der Waals surface area contributed by atoms with E-state index in [-0.39, 0.29) is 6.79 Å². The van der Waals surface area contributed by atoms with Gasteiger partial charge in [-0.25, -0.2) is 0 Å². The number of ether oxygens (including phenoxy) is 3. The van der Waals surface area contributed by atoms with E-state index in [1.807, 2.05) is 49.4 Å². The summed E-state index contributed by atoms with van der Waals surface area (Å²) in [5.74, 6) is 2.38. The highest BCUT2D eigenvalue weighted by atomic mass is 16.7. The Labute approximate surface area is 117 Å². The molecular weight excluding hydrogens is 254 g/mol. The summed E-state index contributed by atoms with van der Waals surface area (Å²) in [5, 5.41) is 0. The topological polar surface area (TPSA) is 40.0 Å². The number of hydrogen-bond donors (Lipinski definition) is 0. The first-order chi connectivity index (χ1) is 9.76. The summed E-state index contributed by atoms with van der Waals surface area (Å²) in [5.41, 5.74) is 2.83. The summed E-state index contributed by atoms with van der Waals surface area (Å²) in [7, 11) is 1.65. The molecule has 0 bridgehead atoms. The minimum absolute atomic E-state index is 0.285. The zero-order chi connectivity index (χ0) is 13.9. The van der Waals surface area contributed by atoms with Crippen LogP contribution >= 0.6 is 0 Å². The molecule has 3 rings (SSSR count). The average Bonchev–Trinajstić information content (AvgIpc) is 2.95. The molecule has 2 aromatic rings. The van der Waals surface area contributed by atoms with Crippen molar-refractivity contribution in [3.05, 3.63) is 48.0 Å². The van der Waals surface area contributed by atoms with Crippen molar-refractivity contribution in [3.63, 3.8) is 0 Å². The lowest BCUT2D eigenvalue weighted by Gasteiger charge is -2.04. The lowest BCUT2D eigenvalue weighted by molar-refractivity contribution is 0.174. The van der Waals surface area contributed by atoms with Gasteiger partial charge in [0.25, 0.3) is 0 Å². The predicted octanol–water partition coefficient (Wildman–Crippen LogP) is 3.56. The molecule has 0 radical (unpaired) electrons. The van der Waals surface area contributed by atoms with E-state index >= 15 is 0 Å². The molecule has 0 unspecified atom stereocenters. The molecule has 1 aliphatic rings. The normalized spacial score (nSPS) is 13.4. The molecule has 0 fully saturated rings. The fourth-order valence-electron chi connectivity index (χ4n) is 2.04. The highest BCUT2D eigenvalue weighted by Gasteiger charge is 2.13. The summed E-state index contributed by atoms with van der Waals surface area (Å²) in [4.78, 5) is 4.59. The van der Waals surface area contributed by atoms with E-state index in [4.69, 9.17) is 14.2 Å². The molecule has 20 heavy (non-hydrogen) atoms. The maximum absolute atomic E-state index is 5.38. The van der Waals surface area contributed by atoms with Gasteiger partial charge in [-0.15, -0.1) is 0 Å². The molecule has 1 aliphatic heterocycles. The van der Waals surface area contributed by atoms with Crippen LogP contribution in [0.25, 0.3) is 0 Å². The predicted molar refractivity (Wildman–Crippen MR) is 77.4 cm³/mol. The van der Waals surface area contributed by atoms with Crippen LogP contribution in [-0.4, -0.2) is 19.6 Å². The van der Waals surface area contributed by atoms with E-state index < -0.39 is 0 Å². The van der Waals surface area contributed by atoms with Crippen molar-refractivity contribution in [2.45, 2.75) is 6.92 Å². The quantitative estimate of drug-likeness (QED) is 0.800. The summed E-state index contributed by atoms with van der Waals surface area (Å²) in [6, 6.07) is 13.5. The van der Waals surface area contributed by atoms with Crippen LogP contribution in [0, 0.1) is 0 Å². The van der Waals surface area contributed by atoms with Gasteiger partial charge in [-0.2, -0.15) is 0 Å². The van der Waals surface area contributed by atoms with Crippen LogP contribution in [0.1, 0.15) is 12.5 Å². The Hall–Kier alpha value is -2.49. The van der Waals surface area contributed by atoms with E-state index in [0.29, 0.717) is 0 Å². The van der Waals surface area contributed by atoms with Crippen molar-refractivity contribution >= 4 is 11.4 Å². The van der Waals surface area contributed by atoms with Crippen LogP contribution in [0.2, 0.25) is 0 Å². The Bertz CT molecular complexity index is 647. The van der Waals surface area contributed by atoms with Crippen LogP contribution in [0.15, 0.2) is 47.5 Å². The zero-order valence-corrected chi connectivity index (χ0v) is 11.4. The standard InChI is InChI=1S/C16H15NO3/c1-11(17-13-4-6-14(18-2)7-5-13)12-3-8-15-16(9-12)20-10-19-15/h3-9H,10H2,1-2H3. The summed E-state index contributed by atoms with van der Waals surface area (Å²) in [6.07, 6.45) is 0. The van der Waals surface area contributed by atoms with Gasteiger partial charge in [0.1, 0.15) is 5.75 Å². The van der Waals surface area contributed by atoms with E-state index in [9.17, 15) is 0 Å².